The van der Waals surface area contributed by atoms with Gasteiger partial charge in [-0.1, -0.05) is 6.07 Å². The lowest BCUT2D eigenvalue weighted by Gasteiger charge is -2.24. The summed E-state index contributed by atoms with van der Waals surface area (Å²) in [5, 5.41) is 1.97. The third-order valence-corrected chi connectivity index (χ3v) is 5.34. The maximum absolute atomic E-state index is 12.9. The van der Waals surface area contributed by atoms with Gasteiger partial charge >= 0.3 is 0 Å². The average molecular weight is 343 g/mol. The van der Waals surface area contributed by atoms with Gasteiger partial charge in [-0.2, -0.15) is 0 Å². The van der Waals surface area contributed by atoms with E-state index in [1.807, 2.05) is 36.6 Å². The lowest BCUT2D eigenvalue weighted by molar-refractivity contribution is -0.130. The van der Waals surface area contributed by atoms with Gasteiger partial charge in [-0.3, -0.25) is 9.59 Å². The van der Waals surface area contributed by atoms with Crippen LogP contribution in [-0.4, -0.2) is 36.3 Å². The molecule has 0 aliphatic carbocycles. The predicted molar refractivity (Wildman–Crippen MR) is 94.8 cm³/mol. The number of carbonyl (C=O) groups is 2. The highest BCUT2D eigenvalue weighted by Gasteiger charge is 2.34. The summed E-state index contributed by atoms with van der Waals surface area (Å²) in [5.74, 6) is 0.833. The molecular formula is C19H21NO3S. The van der Waals surface area contributed by atoms with Crippen LogP contribution in [0.5, 0.6) is 5.75 Å². The second-order valence-corrected chi connectivity index (χ2v) is 7.08. The van der Waals surface area contributed by atoms with Crippen LogP contribution in [0.4, 0.5) is 0 Å². The fourth-order valence-electron chi connectivity index (χ4n) is 3.23. The van der Waals surface area contributed by atoms with E-state index in [1.54, 1.807) is 29.4 Å². The summed E-state index contributed by atoms with van der Waals surface area (Å²) in [6.45, 7) is 2.58. The molecule has 1 aliphatic heterocycles. The van der Waals surface area contributed by atoms with Gasteiger partial charge in [0.2, 0.25) is 5.91 Å². The number of amides is 1. The Morgan fingerprint density at radius 1 is 1.33 bits per heavy atom. The maximum Gasteiger partial charge on any atom is 0.228 e. The van der Waals surface area contributed by atoms with Gasteiger partial charge in [0.15, 0.2) is 5.78 Å². The van der Waals surface area contributed by atoms with Crippen molar-refractivity contribution in [2.45, 2.75) is 32.2 Å². The largest absolute Gasteiger partial charge is 0.496 e. The van der Waals surface area contributed by atoms with Crippen molar-refractivity contribution in [3.05, 3.63) is 51.7 Å². The van der Waals surface area contributed by atoms with Crippen LogP contribution in [0.25, 0.3) is 0 Å². The normalized spacial score (nSPS) is 17.1. The average Bonchev–Trinajstić information content (AvgIpc) is 3.25. The number of thiophene rings is 1. The second-order valence-electron chi connectivity index (χ2n) is 6.05. The van der Waals surface area contributed by atoms with Gasteiger partial charge in [-0.15, -0.1) is 11.3 Å². The van der Waals surface area contributed by atoms with Gasteiger partial charge in [0, 0.05) is 17.0 Å². The van der Waals surface area contributed by atoms with Gasteiger partial charge in [-0.05, 0) is 55.0 Å². The van der Waals surface area contributed by atoms with Crippen molar-refractivity contribution in [1.82, 2.24) is 4.90 Å². The molecule has 1 aromatic heterocycles. The van der Waals surface area contributed by atoms with Crippen LogP contribution in [0.15, 0.2) is 35.7 Å². The second kappa shape index (κ2) is 7.18. The summed E-state index contributed by atoms with van der Waals surface area (Å²) < 4.78 is 5.25. The molecule has 24 heavy (non-hydrogen) atoms. The summed E-state index contributed by atoms with van der Waals surface area (Å²) in [7, 11) is 1.62. The number of Topliss-reactive ketones (excluding diaryl/α,β-unsaturated/α-hetero) is 1. The number of hydrogen-bond acceptors (Lipinski definition) is 4. The van der Waals surface area contributed by atoms with Crippen molar-refractivity contribution in [3.8, 4) is 5.75 Å². The summed E-state index contributed by atoms with van der Waals surface area (Å²) in [6, 6.07) is 9.01. The Bertz CT molecular complexity index is 739. The quantitative estimate of drug-likeness (QED) is 0.781. The summed E-state index contributed by atoms with van der Waals surface area (Å²) in [6.07, 6.45) is 1.99. The van der Waals surface area contributed by atoms with Crippen LogP contribution in [0.1, 0.15) is 33.6 Å². The van der Waals surface area contributed by atoms with E-state index in [0.717, 1.165) is 29.0 Å². The molecular weight excluding hydrogens is 322 g/mol. The lowest BCUT2D eigenvalue weighted by Crippen LogP contribution is -2.41. The zero-order valence-corrected chi connectivity index (χ0v) is 14.8. The fraction of sp³-hybridized carbons (Fsp3) is 0.368. The lowest BCUT2D eigenvalue weighted by atomic mass is 10.00. The number of benzene rings is 1. The number of carbonyl (C=O) groups excluding carboxylic acids is 2. The summed E-state index contributed by atoms with van der Waals surface area (Å²) in [4.78, 5) is 28.3. The van der Waals surface area contributed by atoms with E-state index < -0.39 is 0 Å². The van der Waals surface area contributed by atoms with Gasteiger partial charge in [0.25, 0.3) is 0 Å². The van der Waals surface area contributed by atoms with E-state index >= 15 is 0 Å². The number of likely N-dealkylation sites (tertiary alicyclic amines) is 1. The summed E-state index contributed by atoms with van der Waals surface area (Å²) in [5.41, 5.74) is 1.58. The molecule has 2 heterocycles. The van der Waals surface area contributed by atoms with Gasteiger partial charge < -0.3 is 9.64 Å². The molecule has 0 N–H and O–H groups in total. The van der Waals surface area contributed by atoms with E-state index in [4.69, 9.17) is 4.74 Å². The smallest absolute Gasteiger partial charge is 0.228 e. The molecule has 1 amide bonds. The van der Waals surface area contributed by atoms with Crippen molar-refractivity contribution >= 4 is 23.0 Å². The molecule has 1 atom stereocenters. The topological polar surface area (TPSA) is 46.6 Å². The third kappa shape index (κ3) is 3.36. The van der Waals surface area contributed by atoms with E-state index in [-0.39, 0.29) is 17.7 Å². The minimum Gasteiger partial charge on any atom is -0.496 e. The minimum absolute atomic E-state index is 0.0257. The molecule has 5 heteroatoms. The molecule has 1 fully saturated rings. The minimum atomic E-state index is -0.342. The Labute approximate surface area is 146 Å². The molecule has 1 unspecified atom stereocenters. The highest BCUT2D eigenvalue weighted by atomic mass is 32.1. The van der Waals surface area contributed by atoms with Crippen LogP contribution in [0, 0.1) is 6.92 Å². The molecule has 1 saturated heterocycles. The van der Waals surface area contributed by atoms with Crippen molar-refractivity contribution in [1.29, 1.82) is 0 Å². The number of methoxy groups -OCH3 is 1. The monoisotopic (exact) mass is 343 g/mol. The zero-order chi connectivity index (χ0) is 17.1. The number of aryl methyl sites for hydroxylation is 1. The SMILES string of the molecule is COc1ccc(C(=O)C2CCCN2C(=O)Cc2cccs2)cc1C. The Morgan fingerprint density at radius 2 is 2.17 bits per heavy atom. The van der Waals surface area contributed by atoms with Gasteiger partial charge in [0.1, 0.15) is 5.75 Å². The van der Waals surface area contributed by atoms with E-state index in [9.17, 15) is 9.59 Å². The summed E-state index contributed by atoms with van der Waals surface area (Å²) >= 11 is 1.58. The molecule has 1 aliphatic rings. The Hall–Kier alpha value is -2.14. The van der Waals surface area contributed by atoms with Crippen molar-refractivity contribution in [2.75, 3.05) is 13.7 Å². The molecule has 2 aromatic rings. The van der Waals surface area contributed by atoms with Crippen LogP contribution in [-0.2, 0) is 11.2 Å². The standard InChI is InChI=1S/C19H21NO3S/c1-13-11-14(7-8-17(13)23-2)19(22)16-6-3-9-20(16)18(21)12-15-5-4-10-24-15/h4-5,7-8,10-11,16H,3,6,9,12H2,1-2H3. The molecule has 0 saturated carbocycles. The third-order valence-electron chi connectivity index (χ3n) is 4.46. The van der Waals surface area contributed by atoms with Crippen LogP contribution in [0.2, 0.25) is 0 Å². The molecule has 0 spiro atoms. The Kier molecular flexibility index (Phi) is 5.00. The van der Waals surface area contributed by atoms with Crippen molar-refractivity contribution in [2.24, 2.45) is 0 Å². The fourth-order valence-corrected chi connectivity index (χ4v) is 3.92. The first-order valence-corrected chi connectivity index (χ1v) is 8.99. The number of hydrogen-bond donors (Lipinski definition) is 0. The number of rotatable bonds is 5. The van der Waals surface area contributed by atoms with Crippen LogP contribution >= 0.6 is 11.3 Å². The number of ketones is 1. The highest BCUT2D eigenvalue weighted by Crippen LogP contribution is 2.25. The molecule has 0 radical (unpaired) electrons. The number of nitrogens with zero attached hydrogens (tertiary/aromatic N) is 1. The van der Waals surface area contributed by atoms with Crippen molar-refractivity contribution < 1.29 is 14.3 Å². The zero-order valence-electron chi connectivity index (χ0n) is 14.0. The van der Waals surface area contributed by atoms with Crippen molar-refractivity contribution in [3.63, 3.8) is 0 Å². The molecule has 0 bridgehead atoms. The number of ether oxygens (including phenoxy) is 1. The van der Waals surface area contributed by atoms with Crippen LogP contribution in [0.3, 0.4) is 0 Å². The van der Waals surface area contributed by atoms with Gasteiger partial charge in [0.05, 0.1) is 19.6 Å². The maximum atomic E-state index is 12.9. The molecule has 4 nitrogen and oxygen atoms in total. The first kappa shape index (κ1) is 16.7. The Morgan fingerprint density at radius 3 is 2.83 bits per heavy atom. The van der Waals surface area contributed by atoms with Gasteiger partial charge in [-0.25, -0.2) is 0 Å². The first-order chi connectivity index (χ1) is 11.6. The predicted octanol–water partition coefficient (Wildman–Crippen LogP) is 3.48. The van der Waals surface area contributed by atoms with E-state index in [0.29, 0.717) is 18.5 Å². The van der Waals surface area contributed by atoms with E-state index in [2.05, 4.69) is 0 Å². The molecule has 126 valence electrons. The first-order valence-electron chi connectivity index (χ1n) is 8.11. The van der Waals surface area contributed by atoms with E-state index in [1.165, 1.54) is 0 Å². The Balaban J connectivity index is 1.76. The molecule has 3 rings (SSSR count). The van der Waals surface area contributed by atoms with Crippen LogP contribution < -0.4 is 4.74 Å². The highest BCUT2D eigenvalue weighted by molar-refractivity contribution is 7.10. The molecule has 1 aromatic carbocycles.